The van der Waals surface area contributed by atoms with Crippen molar-refractivity contribution in [3.63, 3.8) is 0 Å². The molecule has 164 valence electrons. The average Bonchev–Trinajstić information content (AvgIpc) is 3.30. The summed E-state index contributed by atoms with van der Waals surface area (Å²) in [5, 5.41) is 14.4. The Bertz CT molecular complexity index is 951. The van der Waals surface area contributed by atoms with Gasteiger partial charge in [0.15, 0.2) is 0 Å². The van der Waals surface area contributed by atoms with Gasteiger partial charge < -0.3 is 15.0 Å². The summed E-state index contributed by atoms with van der Waals surface area (Å²) < 4.78 is 26.8. The zero-order valence-corrected chi connectivity index (χ0v) is 18.3. The zero-order chi connectivity index (χ0) is 21.1. The predicted octanol–water partition coefficient (Wildman–Crippen LogP) is 2.15. The van der Waals surface area contributed by atoms with Crippen LogP contribution in [0, 0.1) is 11.8 Å². The maximum absolute atomic E-state index is 11.1. The molecule has 30 heavy (non-hydrogen) atoms. The maximum atomic E-state index is 11.1. The summed E-state index contributed by atoms with van der Waals surface area (Å²) in [5.74, 6) is 0.937. The van der Waals surface area contributed by atoms with Gasteiger partial charge in [-0.1, -0.05) is 24.3 Å². The normalized spacial score (nSPS) is 24.4. The molecule has 2 aliphatic rings. The summed E-state index contributed by atoms with van der Waals surface area (Å²) in [6, 6.07) is 8.60. The average molecular weight is 433 g/mol. The molecule has 2 aromatic rings. The Kier molecular flexibility index (Phi) is 6.57. The Hall–Kier alpha value is -1.74. The first kappa shape index (κ1) is 21.5. The van der Waals surface area contributed by atoms with E-state index >= 15 is 0 Å². The number of hydrogen-bond acceptors (Lipinski definition) is 5. The predicted molar refractivity (Wildman–Crippen MR) is 118 cm³/mol. The molecular formula is C22H32N4O3S. The standard InChI is InChI=1S/C22H32N4O3S/c1-30(28,29)25-11-10-23-13-16-6-8-17(9-7-16)22(27)12-20-18-4-2-3-5-19(18)21-14-24-15-26(20)21/h2-5,14-17,20,22-23,25,27H,6-13H2,1H3. The van der Waals surface area contributed by atoms with E-state index < -0.39 is 10.0 Å². The number of hydrogen-bond donors (Lipinski definition) is 3. The summed E-state index contributed by atoms with van der Waals surface area (Å²) in [5.41, 5.74) is 3.66. The van der Waals surface area contributed by atoms with Crippen LogP contribution in [-0.4, -0.2) is 55.1 Å². The fourth-order valence-electron chi connectivity index (χ4n) is 5.00. The van der Waals surface area contributed by atoms with Crippen molar-refractivity contribution in [2.75, 3.05) is 25.9 Å². The fourth-order valence-corrected chi connectivity index (χ4v) is 5.48. The summed E-state index contributed by atoms with van der Waals surface area (Å²) in [6.07, 6.45) is 9.67. The molecule has 0 spiro atoms. The molecule has 2 atom stereocenters. The molecule has 1 aliphatic heterocycles. The van der Waals surface area contributed by atoms with E-state index in [1.54, 1.807) is 0 Å². The van der Waals surface area contributed by atoms with Gasteiger partial charge in [0.25, 0.3) is 0 Å². The summed E-state index contributed by atoms with van der Waals surface area (Å²) in [4.78, 5) is 4.31. The van der Waals surface area contributed by atoms with E-state index in [2.05, 4.69) is 43.9 Å². The Morgan fingerprint density at radius 2 is 1.97 bits per heavy atom. The molecule has 4 rings (SSSR count). The second-order valence-electron chi connectivity index (χ2n) is 8.74. The first-order chi connectivity index (χ1) is 14.4. The summed E-state index contributed by atoms with van der Waals surface area (Å²) in [7, 11) is -3.11. The van der Waals surface area contributed by atoms with E-state index in [9.17, 15) is 13.5 Å². The maximum Gasteiger partial charge on any atom is 0.208 e. The smallest absolute Gasteiger partial charge is 0.208 e. The van der Waals surface area contributed by atoms with Crippen molar-refractivity contribution < 1.29 is 13.5 Å². The number of nitrogens with one attached hydrogen (secondary N) is 2. The molecule has 0 amide bonds. The highest BCUT2D eigenvalue weighted by molar-refractivity contribution is 7.88. The van der Waals surface area contributed by atoms with Gasteiger partial charge in [0.2, 0.25) is 10.0 Å². The Labute approximate surface area is 179 Å². The van der Waals surface area contributed by atoms with Crippen LogP contribution in [0.4, 0.5) is 0 Å². The van der Waals surface area contributed by atoms with E-state index in [4.69, 9.17) is 0 Å². The molecule has 0 radical (unpaired) electrons. The third kappa shape index (κ3) is 4.94. The number of rotatable bonds is 9. The largest absolute Gasteiger partial charge is 0.393 e. The number of imidazole rings is 1. The van der Waals surface area contributed by atoms with Crippen LogP contribution >= 0.6 is 0 Å². The summed E-state index contributed by atoms with van der Waals surface area (Å²) in [6.45, 7) is 1.97. The Morgan fingerprint density at radius 1 is 1.20 bits per heavy atom. The number of aliphatic hydroxyl groups is 1. The van der Waals surface area contributed by atoms with Crippen LogP contribution in [0.3, 0.4) is 0 Å². The zero-order valence-electron chi connectivity index (χ0n) is 17.5. The van der Waals surface area contributed by atoms with Gasteiger partial charge in [-0.05, 0) is 56.0 Å². The second kappa shape index (κ2) is 9.18. The van der Waals surface area contributed by atoms with Crippen molar-refractivity contribution in [1.82, 2.24) is 19.6 Å². The van der Waals surface area contributed by atoms with Crippen LogP contribution < -0.4 is 10.0 Å². The number of sulfonamides is 1. The lowest BCUT2D eigenvalue weighted by Gasteiger charge is -2.33. The van der Waals surface area contributed by atoms with Gasteiger partial charge in [-0.3, -0.25) is 0 Å². The van der Waals surface area contributed by atoms with Gasteiger partial charge in [-0.15, -0.1) is 0 Å². The molecule has 2 heterocycles. The van der Waals surface area contributed by atoms with Crippen LogP contribution in [0.1, 0.15) is 43.7 Å². The molecule has 1 aromatic heterocycles. The van der Waals surface area contributed by atoms with Crippen molar-refractivity contribution in [2.45, 2.75) is 44.2 Å². The van der Waals surface area contributed by atoms with E-state index in [1.165, 1.54) is 17.4 Å². The highest BCUT2D eigenvalue weighted by Crippen LogP contribution is 2.43. The van der Waals surface area contributed by atoms with Crippen molar-refractivity contribution in [3.05, 3.63) is 42.4 Å². The molecule has 7 nitrogen and oxygen atoms in total. The quantitative estimate of drug-likeness (QED) is 0.528. The number of aliphatic hydroxyl groups excluding tert-OH is 1. The van der Waals surface area contributed by atoms with E-state index in [0.29, 0.717) is 24.9 Å². The molecule has 0 bridgehead atoms. The third-order valence-corrected chi connectivity index (χ3v) is 7.33. The van der Waals surface area contributed by atoms with E-state index in [0.717, 1.165) is 44.3 Å². The highest BCUT2D eigenvalue weighted by Gasteiger charge is 2.33. The minimum Gasteiger partial charge on any atom is -0.393 e. The lowest BCUT2D eigenvalue weighted by atomic mass is 9.77. The van der Waals surface area contributed by atoms with Crippen LogP contribution in [0.25, 0.3) is 11.3 Å². The summed E-state index contributed by atoms with van der Waals surface area (Å²) >= 11 is 0. The fraction of sp³-hybridized carbons (Fsp3) is 0.591. The van der Waals surface area contributed by atoms with Crippen LogP contribution in [-0.2, 0) is 10.0 Å². The van der Waals surface area contributed by atoms with Gasteiger partial charge in [0, 0.05) is 18.7 Å². The van der Waals surface area contributed by atoms with Gasteiger partial charge in [-0.2, -0.15) is 0 Å². The third-order valence-electron chi connectivity index (χ3n) is 6.60. The van der Waals surface area contributed by atoms with Crippen molar-refractivity contribution in [3.8, 4) is 11.3 Å². The van der Waals surface area contributed by atoms with Crippen LogP contribution in [0.2, 0.25) is 0 Å². The van der Waals surface area contributed by atoms with Gasteiger partial charge >= 0.3 is 0 Å². The van der Waals surface area contributed by atoms with Crippen LogP contribution in [0.15, 0.2) is 36.8 Å². The van der Waals surface area contributed by atoms with Crippen LogP contribution in [0.5, 0.6) is 0 Å². The molecule has 1 saturated carbocycles. The highest BCUT2D eigenvalue weighted by atomic mass is 32.2. The van der Waals surface area contributed by atoms with Crippen molar-refractivity contribution >= 4 is 10.0 Å². The molecule has 3 N–H and O–H groups in total. The second-order valence-corrected chi connectivity index (χ2v) is 10.6. The van der Waals surface area contributed by atoms with E-state index in [-0.39, 0.29) is 12.1 Å². The minimum absolute atomic E-state index is 0.162. The molecular weight excluding hydrogens is 400 g/mol. The lowest BCUT2D eigenvalue weighted by molar-refractivity contribution is 0.0590. The molecule has 8 heteroatoms. The molecule has 1 aromatic carbocycles. The SMILES string of the molecule is CS(=O)(=O)NCCNCC1CCC(C(O)CC2c3ccccc3-c3cncn32)CC1. The Balaban J connectivity index is 1.24. The van der Waals surface area contributed by atoms with Gasteiger partial charge in [0.05, 0.1) is 36.6 Å². The van der Waals surface area contributed by atoms with Crippen molar-refractivity contribution in [1.29, 1.82) is 0 Å². The minimum atomic E-state index is -3.11. The lowest BCUT2D eigenvalue weighted by Crippen LogP contribution is -2.35. The van der Waals surface area contributed by atoms with Gasteiger partial charge in [-0.25, -0.2) is 18.1 Å². The first-order valence-electron chi connectivity index (χ1n) is 10.9. The van der Waals surface area contributed by atoms with Gasteiger partial charge in [0.1, 0.15) is 0 Å². The number of aromatic nitrogens is 2. The topological polar surface area (TPSA) is 96.2 Å². The first-order valence-corrected chi connectivity index (χ1v) is 12.8. The molecule has 1 fully saturated rings. The number of nitrogens with zero attached hydrogens (tertiary/aromatic N) is 2. The molecule has 1 aliphatic carbocycles. The number of benzene rings is 1. The van der Waals surface area contributed by atoms with Crippen molar-refractivity contribution in [2.24, 2.45) is 11.8 Å². The molecule has 2 unspecified atom stereocenters. The number of fused-ring (bicyclic) bond motifs is 3. The Morgan fingerprint density at radius 3 is 2.73 bits per heavy atom. The van der Waals surface area contributed by atoms with E-state index in [1.807, 2.05) is 12.5 Å². The molecule has 0 saturated heterocycles. The monoisotopic (exact) mass is 432 g/mol.